The molecule has 1 atom stereocenters. The van der Waals surface area contributed by atoms with Gasteiger partial charge < -0.3 is 10.5 Å². The fourth-order valence-electron chi connectivity index (χ4n) is 2.99. The van der Waals surface area contributed by atoms with Crippen LogP contribution in [0, 0.1) is 0 Å². The van der Waals surface area contributed by atoms with Crippen molar-refractivity contribution in [1.82, 2.24) is 5.01 Å². The maximum absolute atomic E-state index is 12.5. The molecule has 4 N–H and O–H groups in total. The van der Waals surface area contributed by atoms with E-state index in [2.05, 4.69) is 13.8 Å². The number of carbonyl (C=O) groups excluding carboxylic acids is 1. The van der Waals surface area contributed by atoms with Crippen LogP contribution in [0.15, 0.2) is 0 Å². The number of ether oxygens (including phenoxy) is 1. The molecule has 0 aliphatic heterocycles. The van der Waals surface area contributed by atoms with E-state index in [1.807, 2.05) is 6.92 Å². The van der Waals surface area contributed by atoms with Crippen molar-refractivity contribution in [2.24, 2.45) is 11.6 Å². The van der Waals surface area contributed by atoms with E-state index in [0.717, 1.165) is 25.7 Å². The summed E-state index contributed by atoms with van der Waals surface area (Å²) in [6.45, 7) is 7.29. The summed E-state index contributed by atoms with van der Waals surface area (Å²) in [4.78, 5) is 12.5. The van der Waals surface area contributed by atoms with Crippen LogP contribution in [0.4, 0.5) is 0 Å². The van der Waals surface area contributed by atoms with Crippen molar-refractivity contribution < 1.29 is 9.53 Å². The second-order valence-corrected chi connectivity index (χ2v) is 7.13. The number of nitrogens with two attached hydrogens (primary N) is 2. The first kappa shape index (κ1) is 27.9. The van der Waals surface area contributed by atoms with Crippen LogP contribution in [0.2, 0.25) is 0 Å². The fourth-order valence-corrected chi connectivity index (χ4v) is 2.99. The molecule has 0 radical (unpaired) electrons. The Labute approximate surface area is 168 Å². The lowest BCUT2D eigenvalue weighted by atomic mass is 10.0. The summed E-state index contributed by atoms with van der Waals surface area (Å²) in [5, 5.41) is 1.43. The molecule has 0 aliphatic rings. The van der Waals surface area contributed by atoms with Gasteiger partial charge in [0.1, 0.15) is 0 Å². The van der Waals surface area contributed by atoms with Gasteiger partial charge in [0.25, 0.3) is 0 Å². The lowest BCUT2D eigenvalue weighted by molar-refractivity contribution is -0.159. The molecule has 158 valence electrons. The second-order valence-electron chi connectivity index (χ2n) is 7.13. The monoisotopic (exact) mass is 393 g/mol. The van der Waals surface area contributed by atoms with Gasteiger partial charge in [-0.05, 0) is 19.3 Å². The Bertz CT molecular complexity index is 332. The molecule has 0 aromatic rings. The third-order valence-electron chi connectivity index (χ3n) is 4.85. The van der Waals surface area contributed by atoms with Crippen molar-refractivity contribution in [1.29, 1.82) is 0 Å². The van der Waals surface area contributed by atoms with Crippen molar-refractivity contribution in [3.63, 3.8) is 0 Å². The van der Waals surface area contributed by atoms with Gasteiger partial charge in [-0.3, -0.25) is 5.84 Å². The summed E-state index contributed by atoms with van der Waals surface area (Å²) in [6, 6.07) is 0. The zero-order chi connectivity index (χ0) is 19.0. The van der Waals surface area contributed by atoms with E-state index in [4.69, 9.17) is 16.3 Å². The molecule has 0 bridgehead atoms. The Hall–Kier alpha value is -0.360. The molecule has 0 amide bonds. The van der Waals surface area contributed by atoms with E-state index in [1.165, 1.54) is 56.4 Å². The molecule has 0 saturated heterocycles. The normalized spacial score (nSPS) is 13.3. The molecular weight excluding hydrogens is 350 g/mol. The molecule has 5 nitrogen and oxygen atoms in total. The maximum Gasteiger partial charge on any atom is 0.342 e. The zero-order valence-corrected chi connectivity index (χ0v) is 18.2. The second kappa shape index (κ2) is 18.0. The lowest BCUT2D eigenvalue weighted by Crippen LogP contribution is -2.64. The standard InChI is InChI=1S/C20H43N3O2.ClH/c1-4-7-9-11-13-15-17-20(21,23(22)6-3)19(24)25-18-16-14-12-10-8-5-2;/h4-18,21-22H2,1-3H3;1H. The molecule has 0 aliphatic carbocycles. The van der Waals surface area contributed by atoms with Gasteiger partial charge in [0.05, 0.1) is 6.61 Å². The number of nitrogens with zero attached hydrogens (tertiary/aromatic N) is 1. The van der Waals surface area contributed by atoms with E-state index in [-0.39, 0.29) is 18.4 Å². The molecule has 1 unspecified atom stereocenters. The topological polar surface area (TPSA) is 81.6 Å². The first-order chi connectivity index (χ1) is 12.0. The first-order valence-corrected chi connectivity index (χ1v) is 10.5. The van der Waals surface area contributed by atoms with Gasteiger partial charge in [0.2, 0.25) is 0 Å². The SMILES string of the molecule is CCCCCCCCOC(=O)C(N)(CCCCCCCC)N(N)CC.Cl. The molecule has 0 heterocycles. The van der Waals surface area contributed by atoms with Crippen LogP contribution in [-0.2, 0) is 9.53 Å². The first-order valence-electron chi connectivity index (χ1n) is 10.5. The van der Waals surface area contributed by atoms with Crippen LogP contribution < -0.4 is 11.6 Å². The van der Waals surface area contributed by atoms with E-state index >= 15 is 0 Å². The summed E-state index contributed by atoms with van der Waals surface area (Å²) in [7, 11) is 0. The molecule has 0 spiro atoms. The van der Waals surface area contributed by atoms with Gasteiger partial charge in [0.15, 0.2) is 5.66 Å². The van der Waals surface area contributed by atoms with Crippen molar-refractivity contribution >= 4 is 18.4 Å². The van der Waals surface area contributed by atoms with E-state index in [0.29, 0.717) is 19.6 Å². The van der Waals surface area contributed by atoms with Crippen LogP contribution in [0.1, 0.15) is 104 Å². The highest BCUT2D eigenvalue weighted by atomic mass is 35.5. The highest BCUT2D eigenvalue weighted by Gasteiger charge is 2.39. The lowest BCUT2D eigenvalue weighted by Gasteiger charge is -2.35. The molecule has 0 aromatic carbocycles. The Balaban J connectivity index is 0. The van der Waals surface area contributed by atoms with Crippen LogP contribution in [0.5, 0.6) is 0 Å². The Morgan fingerprint density at radius 1 is 0.846 bits per heavy atom. The number of esters is 1. The third-order valence-corrected chi connectivity index (χ3v) is 4.85. The van der Waals surface area contributed by atoms with Crippen molar-refractivity contribution in [3.8, 4) is 0 Å². The summed E-state index contributed by atoms with van der Waals surface area (Å²) < 4.78 is 5.45. The van der Waals surface area contributed by atoms with E-state index in [1.54, 1.807) is 0 Å². The molecular formula is C20H44ClN3O2. The highest BCUT2D eigenvalue weighted by molar-refractivity contribution is 5.85. The molecule has 6 heteroatoms. The minimum Gasteiger partial charge on any atom is -0.463 e. The van der Waals surface area contributed by atoms with Crippen LogP contribution in [-0.4, -0.2) is 29.8 Å². The predicted molar refractivity (Wildman–Crippen MR) is 113 cm³/mol. The summed E-state index contributed by atoms with van der Waals surface area (Å²) in [6.07, 6.45) is 14.5. The van der Waals surface area contributed by atoms with Crippen molar-refractivity contribution in [2.45, 2.75) is 110 Å². The van der Waals surface area contributed by atoms with E-state index < -0.39 is 5.66 Å². The van der Waals surface area contributed by atoms with Gasteiger partial charge in [-0.25, -0.2) is 9.80 Å². The number of hydrazine groups is 1. The molecule has 0 rings (SSSR count). The fraction of sp³-hybridized carbons (Fsp3) is 0.950. The number of halogens is 1. The Morgan fingerprint density at radius 3 is 1.81 bits per heavy atom. The number of hydrogen-bond acceptors (Lipinski definition) is 5. The van der Waals surface area contributed by atoms with Crippen LogP contribution in [0.3, 0.4) is 0 Å². The highest BCUT2D eigenvalue weighted by Crippen LogP contribution is 2.18. The van der Waals surface area contributed by atoms with Gasteiger partial charge >= 0.3 is 5.97 Å². The Morgan fingerprint density at radius 2 is 1.31 bits per heavy atom. The van der Waals surface area contributed by atoms with Gasteiger partial charge in [-0.1, -0.05) is 85.0 Å². The largest absolute Gasteiger partial charge is 0.463 e. The maximum atomic E-state index is 12.5. The minimum atomic E-state index is -1.19. The molecule has 26 heavy (non-hydrogen) atoms. The smallest absolute Gasteiger partial charge is 0.342 e. The van der Waals surface area contributed by atoms with Crippen LogP contribution in [0.25, 0.3) is 0 Å². The van der Waals surface area contributed by atoms with Crippen molar-refractivity contribution in [3.05, 3.63) is 0 Å². The number of likely N-dealkylation sites (N-methyl/N-ethyl adjacent to an activating group) is 1. The average molecular weight is 394 g/mol. The van der Waals surface area contributed by atoms with Crippen LogP contribution >= 0.6 is 12.4 Å². The third kappa shape index (κ3) is 12.1. The average Bonchev–Trinajstić information content (AvgIpc) is 2.62. The number of carbonyl (C=O) groups is 1. The number of rotatable bonds is 17. The Kier molecular flexibility index (Phi) is 19.3. The predicted octanol–water partition coefficient (Wildman–Crippen LogP) is 4.91. The number of hydrogen-bond donors (Lipinski definition) is 2. The summed E-state index contributed by atoms with van der Waals surface area (Å²) in [5.74, 6) is 5.63. The van der Waals surface area contributed by atoms with Gasteiger partial charge in [-0.2, -0.15) is 0 Å². The quantitative estimate of drug-likeness (QED) is 0.120. The summed E-state index contributed by atoms with van der Waals surface area (Å²) >= 11 is 0. The van der Waals surface area contributed by atoms with Crippen molar-refractivity contribution in [2.75, 3.05) is 13.2 Å². The molecule has 0 saturated carbocycles. The molecule has 0 aromatic heterocycles. The minimum absolute atomic E-state index is 0. The van der Waals surface area contributed by atoms with Gasteiger partial charge in [-0.15, -0.1) is 12.4 Å². The van der Waals surface area contributed by atoms with Gasteiger partial charge in [0, 0.05) is 6.54 Å². The van der Waals surface area contributed by atoms with E-state index in [9.17, 15) is 4.79 Å². The zero-order valence-electron chi connectivity index (χ0n) is 17.4. The summed E-state index contributed by atoms with van der Waals surface area (Å²) in [5.41, 5.74) is 5.15. The number of unbranched alkanes of at least 4 members (excludes halogenated alkanes) is 10. The molecule has 0 fully saturated rings.